The molecule has 0 aliphatic carbocycles. The monoisotopic (exact) mass is 1040 g/mol. The third kappa shape index (κ3) is 425. The zero-order valence-electron chi connectivity index (χ0n) is 63.7. The van der Waals surface area contributed by atoms with E-state index < -0.39 is 6.37 Å². The van der Waals surface area contributed by atoms with Crippen molar-refractivity contribution in [3.63, 3.8) is 0 Å². The lowest BCUT2D eigenvalue weighted by atomic mass is 9.94. The largest absolute Gasteiger partial charge is 0.0683 e. The van der Waals surface area contributed by atoms with Crippen LogP contribution >= 0.6 is 0 Å². The summed E-state index contributed by atoms with van der Waals surface area (Å²) in [5.74, 6) is 7.19. The van der Waals surface area contributed by atoms with Crippen LogP contribution < -0.4 is 0 Å². The van der Waals surface area contributed by atoms with E-state index in [0.717, 1.165) is 47.3 Å². The molecule has 0 aromatic rings. The molecule has 0 atom stereocenters. The van der Waals surface area contributed by atoms with Gasteiger partial charge in [-0.2, -0.15) is 0 Å². The maximum atomic E-state index is 7.30. The molecule has 0 amide bonds. The van der Waals surface area contributed by atoms with Gasteiger partial charge in [-0.25, -0.2) is 0 Å². The van der Waals surface area contributed by atoms with Gasteiger partial charge in [-0.05, 0) is 64.1 Å². The van der Waals surface area contributed by atoms with E-state index in [0.29, 0.717) is 17.3 Å². The van der Waals surface area contributed by atoms with Crippen LogP contribution in [0.15, 0.2) is 0 Å². The zero-order chi connectivity index (χ0) is 63.7. The Balaban J connectivity index is -0.0000000392. The molecule has 0 heteroatoms. The summed E-state index contributed by atoms with van der Waals surface area (Å²) in [6.07, 6.45) is 21.0. The van der Waals surface area contributed by atoms with Crippen LogP contribution in [0.2, 0.25) is 0 Å². The number of hydrogen-bond donors (Lipinski definition) is 0. The Kier molecular flexibility index (Phi) is 155. The molecule has 0 fully saturated rings. The van der Waals surface area contributed by atoms with E-state index in [4.69, 9.17) is 2.74 Å². The first-order chi connectivity index (χ1) is 33.6. The predicted octanol–water partition coefficient (Wildman–Crippen LogP) is 30.2. The minimum Gasteiger partial charge on any atom is -0.0683 e. The lowest BCUT2D eigenvalue weighted by molar-refractivity contribution is 0.398. The highest BCUT2D eigenvalue weighted by Gasteiger charge is 2.03. The highest BCUT2D eigenvalue weighted by Crippen LogP contribution is 2.16. The van der Waals surface area contributed by atoms with Crippen LogP contribution in [0.25, 0.3) is 0 Å². The van der Waals surface area contributed by atoms with Gasteiger partial charge in [0.15, 0.2) is 0 Å². The third-order valence-electron chi connectivity index (χ3n) is 9.24. The van der Waals surface area contributed by atoms with Crippen LogP contribution in [0.4, 0.5) is 0 Å². The zero-order valence-corrected chi connectivity index (χ0v) is 61.7. The van der Waals surface area contributed by atoms with Crippen molar-refractivity contribution < 1.29 is 2.74 Å². The SMILES string of the molecule is CC.CC.CC(C)(C)C.CC(C)C.CC(C)C(C)C.CCC.CCC(C)(C)C.CCC(C)C.CCC(C)C.CCC(C)CC.CCCC.CCCC(C)C.CCCCC.CCCCC(C)C.[2H]C([2H])(CC)C(C)C. The second-order valence-corrected chi connectivity index (χ2v) is 25.2. The molecule has 0 aromatic heterocycles. The average Bonchev–Trinajstić information content (AvgIpc) is 3.30. The van der Waals surface area contributed by atoms with Crippen molar-refractivity contribution in [1.29, 1.82) is 0 Å². The molecule has 72 heavy (non-hydrogen) atoms. The molecule has 0 rings (SSSR count). The van der Waals surface area contributed by atoms with Crippen molar-refractivity contribution in [2.45, 2.75) is 413 Å². The van der Waals surface area contributed by atoms with Gasteiger partial charge in [0, 0.05) is 2.74 Å². The van der Waals surface area contributed by atoms with Gasteiger partial charge < -0.3 is 0 Å². The third-order valence-corrected chi connectivity index (χ3v) is 9.24. The minimum atomic E-state index is -0.958. The molecule has 0 saturated carbocycles. The molecule has 0 aliphatic heterocycles. The summed E-state index contributed by atoms with van der Waals surface area (Å²) < 4.78 is 14.6. The molecular weight excluding hydrogens is 865 g/mol. The Hall–Kier alpha value is 0. The van der Waals surface area contributed by atoms with E-state index in [1.54, 1.807) is 0 Å². The molecule has 462 valence electrons. The first kappa shape index (κ1) is 104. The number of rotatable bonds is 15. The maximum absolute atomic E-state index is 7.30. The number of hydrogen-bond acceptors (Lipinski definition) is 0. The van der Waals surface area contributed by atoms with Crippen molar-refractivity contribution in [2.24, 2.45) is 64.1 Å². The van der Waals surface area contributed by atoms with E-state index in [-0.39, 0.29) is 5.92 Å². The van der Waals surface area contributed by atoms with E-state index in [9.17, 15) is 0 Å². The molecule has 0 spiro atoms. The summed E-state index contributed by atoms with van der Waals surface area (Å²) in [4.78, 5) is 0. The molecule has 0 radical (unpaired) electrons. The first-order valence-electron chi connectivity index (χ1n) is 33.6. The molecule has 0 aromatic carbocycles. The Morgan fingerprint density at radius 1 is 0.319 bits per heavy atom. The second-order valence-electron chi connectivity index (χ2n) is 25.2. The standard InChI is InChI=1S/C7H16.5C6H14.4C5H12.2C4H10.C3H8.2C2H6/c1-4-5-6-7(2)3;1-5-6(2,3)4;1-5(2)6(3)4;2*1-4-5-6(2)3;1-4-6(3)5-2;1-5(2,3)4;2*1-4-5(2)3;1-3-5-4-2;1-4(2)3;1-3-4-2;1-3-2;2*1-2/h7H,4-6H2,1-3H3;5H2,1-4H3;5-6H,1-4H3;3*6H,4-5H2,1-3H3;1-4H3;2*5H,4H2,1-3H3;3-5H2,1-2H3;4H,1-3H3;3-4H2,1-2H3;3H2,1-2H3;2*1-2H3/i;;;5D2;;;;;;;;;;;. The van der Waals surface area contributed by atoms with E-state index in [1.807, 2.05) is 48.5 Å². The van der Waals surface area contributed by atoms with Gasteiger partial charge in [-0.3, -0.25) is 0 Å². The van der Waals surface area contributed by atoms with Crippen LogP contribution in [0.1, 0.15) is 416 Å². The van der Waals surface area contributed by atoms with Crippen LogP contribution in [-0.4, -0.2) is 0 Å². The quantitative estimate of drug-likeness (QED) is 0.153. The highest BCUT2D eigenvalue weighted by atomic mass is 14.1. The van der Waals surface area contributed by atoms with E-state index in [1.165, 1.54) is 103 Å². The fraction of sp³-hybridized carbons (Fsp3) is 1.00. The summed E-state index contributed by atoms with van der Waals surface area (Å²) >= 11 is 0. The lowest BCUT2D eigenvalue weighted by Crippen LogP contribution is -2.00. The van der Waals surface area contributed by atoms with E-state index >= 15 is 0 Å². The Bertz CT molecular complexity index is 682. The minimum absolute atomic E-state index is 0.146. The lowest BCUT2D eigenvalue weighted by Gasteiger charge is -2.12. The molecule has 0 aliphatic rings. The molecule has 0 nitrogen and oxygen atoms in total. The van der Waals surface area contributed by atoms with Crippen LogP contribution in [0.3, 0.4) is 0 Å². The fourth-order valence-corrected chi connectivity index (χ4v) is 2.24. The summed E-state index contributed by atoms with van der Waals surface area (Å²) in [7, 11) is 0. The van der Waals surface area contributed by atoms with Crippen LogP contribution in [0, 0.1) is 64.1 Å². The molecule has 0 unspecified atom stereocenters. The Morgan fingerprint density at radius 3 is 0.556 bits per heavy atom. The van der Waals surface area contributed by atoms with Gasteiger partial charge >= 0.3 is 0 Å². The van der Waals surface area contributed by atoms with Gasteiger partial charge in [-0.15, -0.1) is 0 Å². The molecule has 0 heterocycles. The Morgan fingerprint density at radius 2 is 0.542 bits per heavy atom. The van der Waals surface area contributed by atoms with Crippen molar-refractivity contribution in [3.05, 3.63) is 0 Å². The van der Waals surface area contributed by atoms with Gasteiger partial charge in [0.05, 0.1) is 0 Å². The maximum Gasteiger partial charge on any atom is 0.0269 e. The van der Waals surface area contributed by atoms with Gasteiger partial charge in [0.25, 0.3) is 0 Å². The van der Waals surface area contributed by atoms with Crippen molar-refractivity contribution in [2.75, 3.05) is 0 Å². The van der Waals surface area contributed by atoms with Gasteiger partial charge in [-0.1, -0.05) is 413 Å². The number of unbranched alkanes of at least 4 members (excludes halogenated alkanes) is 4. The van der Waals surface area contributed by atoms with Crippen molar-refractivity contribution >= 4 is 0 Å². The van der Waals surface area contributed by atoms with E-state index in [2.05, 4.69) is 249 Å². The van der Waals surface area contributed by atoms with Crippen molar-refractivity contribution in [3.8, 4) is 0 Å². The molecule has 0 saturated heterocycles. The van der Waals surface area contributed by atoms with Gasteiger partial charge in [0.1, 0.15) is 0 Å². The predicted molar refractivity (Wildman–Crippen MR) is 363 cm³/mol. The van der Waals surface area contributed by atoms with Crippen LogP contribution in [0.5, 0.6) is 0 Å². The Labute approximate surface area is 478 Å². The van der Waals surface area contributed by atoms with Crippen LogP contribution in [-0.2, 0) is 0 Å². The van der Waals surface area contributed by atoms with Crippen molar-refractivity contribution in [1.82, 2.24) is 0 Å². The fourth-order valence-electron chi connectivity index (χ4n) is 2.24. The topological polar surface area (TPSA) is 0 Å². The summed E-state index contributed by atoms with van der Waals surface area (Å²) in [6, 6.07) is 0. The smallest absolute Gasteiger partial charge is 0.0269 e. The summed E-state index contributed by atoms with van der Waals surface area (Å²) in [5, 5.41) is 0. The summed E-state index contributed by atoms with van der Waals surface area (Å²) in [5.41, 5.74) is 1.04. The molecule has 0 bridgehead atoms. The first-order valence-corrected chi connectivity index (χ1v) is 32.6. The highest BCUT2D eigenvalue weighted by molar-refractivity contribution is 4.55. The average molecular weight is 1040 g/mol. The second kappa shape index (κ2) is 107. The normalized spacial score (nSPS) is 10.1. The molecule has 0 N–H and O–H groups in total. The van der Waals surface area contributed by atoms with Gasteiger partial charge in [0.2, 0.25) is 0 Å². The molecular formula is C72H174. The summed E-state index contributed by atoms with van der Waals surface area (Å²) in [6.45, 7) is 93.4.